The third kappa shape index (κ3) is 3.51. The molecule has 7 heteroatoms. The van der Waals surface area contributed by atoms with Crippen molar-refractivity contribution >= 4 is 11.6 Å². The number of fused-ring (bicyclic) bond motifs is 2. The van der Waals surface area contributed by atoms with Crippen molar-refractivity contribution in [2.24, 2.45) is 0 Å². The van der Waals surface area contributed by atoms with Gasteiger partial charge in [0.15, 0.2) is 0 Å². The number of carbonyl (C=O) groups excluding carboxylic acids is 1. The minimum Gasteiger partial charge on any atom is -0.381 e. The molecule has 0 saturated carbocycles. The van der Waals surface area contributed by atoms with Crippen LogP contribution in [0.1, 0.15) is 24.8 Å². The number of alkyl halides is 3. The topological polar surface area (TPSA) is 29.5 Å². The SMILES string of the molecule is O=C(CC(F)(F)F)N1CC2(CCOCC2)c2cc(-c3cccc(F)c3)ccc21. The fraction of sp³-hybridized carbons (Fsp3) is 0.381. The molecule has 2 heterocycles. The first-order valence-corrected chi connectivity index (χ1v) is 9.13. The van der Waals surface area contributed by atoms with Crippen molar-refractivity contribution in [3.63, 3.8) is 0 Å². The first kappa shape index (κ1) is 18.9. The van der Waals surface area contributed by atoms with E-state index in [0.717, 1.165) is 11.1 Å². The summed E-state index contributed by atoms with van der Waals surface area (Å²) in [5, 5.41) is 0. The Morgan fingerprint density at radius 1 is 1.07 bits per heavy atom. The lowest BCUT2D eigenvalue weighted by atomic mass is 9.75. The molecule has 1 saturated heterocycles. The van der Waals surface area contributed by atoms with Gasteiger partial charge in [0.05, 0.1) is 0 Å². The maximum atomic E-state index is 13.6. The van der Waals surface area contributed by atoms with Gasteiger partial charge in [0.2, 0.25) is 5.91 Å². The Bertz CT molecular complexity index is 904. The average molecular weight is 393 g/mol. The van der Waals surface area contributed by atoms with Gasteiger partial charge in [-0.1, -0.05) is 18.2 Å². The monoisotopic (exact) mass is 393 g/mol. The lowest BCUT2D eigenvalue weighted by Crippen LogP contribution is -2.41. The zero-order valence-corrected chi connectivity index (χ0v) is 15.1. The Kier molecular flexibility index (Phi) is 4.65. The number of rotatable bonds is 2. The fourth-order valence-electron chi connectivity index (χ4n) is 4.20. The van der Waals surface area contributed by atoms with Crippen molar-refractivity contribution in [2.45, 2.75) is 30.9 Å². The highest BCUT2D eigenvalue weighted by atomic mass is 19.4. The summed E-state index contributed by atoms with van der Waals surface area (Å²) in [4.78, 5) is 13.6. The molecule has 1 amide bonds. The maximum Gasteiger partial charge on any atom is 0.397 e. The van der Waals surface area contributed by atoms with E-state index >= 15 is 0 Å². The standard InChI is InChI=1S/C21H19F4NO2/c22-16-3-1-2-14(10-16)15-4-5-18-17(11-15)20(6-8-28-9-7-20)13-26(18)19(27)12-21(23,24)25/h1-5,10-11H,6-9,12-13H2. The molecule has 2 aliphatic rings. The number of hydrogen-bond acceptors (Lipinski definition) is 2. The third-order valence-corrected chi connectivity index (χ3v) is 5.58. The van der Waals surface area contributed by atoms with E-state index in [9.17, 15) is 22.4 Å². The van der Waals surface area contributed by atoms with Crippen LogP contribution in [0.4, 0.5) is 23.2 Å². The Labute approximate surface area is 159 Å². The highest BCUT2D eigenvalue weighted by Gasteiger charge is 2.47. The van der Waals surface area contributed by atoms with Gasteiger partial charge in [-0.2, -0.15) is 13.2 Å². The molecule has 0 bridgehead atoms. The normalized spacial score (nSPS) is 18.4. The molecule has 2 aromatic rings. The largest absolute Gasteiger partial charge is 0.397 e. The second-order valence-electron chi connectivity index (χ2n) is 7.41. The molecular weight excluding hydrogens is 374 g/mol. The van der Waals surface area contributed by atoms with Crippen molar-refractivity contribution in [3.8, 4) is 11.1 Å². The van der Waals surface area contributed by atoms with Gasteiger partial charge in [-0.15, -0.1) is 0 Å². The first-order chi connectivity index (χ1) is 13.3. The summed E-state index contributed by atoms with van der Waals surface area (Å²) < 4.78 is 57.4. The lowest BCUT2D eigenvalue weighted by Gasteiger charge is -2.34. The smallest absolute Gasteiger partial charge is 0.381 e. The van der Waals surface area contributed by atoms with Crippen molar-refractivity contribution in [3.05, 3.63) is 53.8 Å². The van der Waals surface area contributed by atoms with Crippen molar-refractivity contribution < 1.29 is 27.1 Å². The molecule has 0 aromatic heterocycles. The zero-order valence-electron chi connectivity index (χ0n) is 15.1. The highest BCUT2D eigenvalue weighted by molar-refractivity contribution is 5.97. The maximum absolute atomic E-state index is 13.6. The number of nitrogens with zero attached hydrogens (tertiary/aromatic N) is 1. The molecule has 0 unspecified atom stereocenters. The van der Waals surface area contributed by atoms with E-state index in [1.807, 2.05) is 6.07 Å². The number of benzene rings is 2. The molecule has 148 valence electrons. The van der Waals surface area contributed by atoms with Crippen LogP contribution in [0.2, 0.25) is 0 Å². The van der Waals surface area contributed by atoms with Gasteiger partial charge in [-0.25, -0.2) is 4.39 Å². The van der Waals surface area contributed by atoms with Gasteiger partial charge in [0, 0.05) is 30.9 Å². The fourth-order valence-corrected chi connectivity index (χ4v) is 4.20. The Balaban J connectivity index is 1.76. The van der Waals surface area contributed by atoms with Crippen LogP contribution in [0.25, 0.3) is 11.1 Å². The van der Waals surface area contributed by atoms with Crippen LogP contribution in [0, 0.1) is 5.82 Å². The first-order valence-electron chi connectivity index (χ1n) is 9.13. The zero-order chi connectivity index (χ0) is 19.9. The van der Waals surface area contributed by atoms with Crippen LogP contribution in [0.3, 0.4) is 0 Å². The Hall–Kier alpha value is -2.41. The van der Waals surface area contributed by atoms with E-state index in [0.29, 0.717) is 37.3 Å². The van der Waals surface area contributed by atoms with Crippen LogP contribution in [0.5, 0.6) is 0 Å². The van der Waals surface area contributed by atoms with Crippen LogP contribution in [-0.4, -0.2) is 31.8 Å². The van der Waals surface area contributed by atoms with Crippen molar-refractivity contribution in [1.29, 1.82) is 0 Å². The van der Waals surface area contributed by atoms with E-state index in [4.69, 9.17) is 4.74 Å². The predicted octanol–water partition coefficient (Wildman–Crippen LogP) is 4.84. The predicted molar refractivity (Wildman–Crippen MR) is 96.6 cm³/mol. The second kappa shape index (κ2) is 6.88. The van der Waals surface area contributed by atoms with Gasteiger partial charge >= 0.3 is 6.18 Å². The molecule has 0 atom stereocenters. The van der Waals surface area contributed by atoms with Gasteiger partial charge in [0.1, 0.15) is 12.2 Å². The van der Waals surface area contributed by atoms with E-state index < -0.39 is 23.9 Å². The van der Waals surface area contributed by atoms with Crippen LogP contribution in [-0.2, 0) is 14.9 Å². The molecule has 1 spiro atoms. The molecule has 0 N–H and O–H groups in total. The molecule has 28 heavy (non-hydrogen) atoms. The van der Waals surface area contributed by atoms with Crippen LogP contribution in [0.15, 0.2) is 42.5 Å². The van der Waals surface area contributed by atoms with Crippen molar-refractivity contribution in [1.82, 2.24) is 0 Å². The summed E-state index contributed by atoms with van der Waals surface area (Å²) in [6.45, 7) is 1.20. The summed E-state index contributed by atoms with van der Waals surface area (Å²) in [5.74, 6) is -1.31. The molecule has 3 nitrogen and oxygen atoms in total. The summed E-state index contributed by atoms with van der Waals surface area (Å²) in [5.41, 5.74) is 2.38. The summed E-state index contributed by atoms with van der Waals surface area (Å²) in [6.07, 6.45) is -4.78. The quantitative estimate of drug-likeness (QED) is 0.684. The summed E-state index contributed by atoms with van der Waals surface area (Å²) >= 11 is 0. The summed E-state index contributed by atoms with van der Waals surface area (Å²) in [6, 6.07) is 11.4. The second-order valence-corrected chi connectivity index (χ2v) is 7.41. The minimum absolute atomic E-state index is 0.215. The van der Waals surface area contributed by atoms with E-state index in [-0.39, 0.29) is 12.4 Å². The molecule has 0 radical (unpaired) electrons. The van der Waals surface area contributed by atoms with E-state index in [1.54, 1.807) is 24.3 Å². The molecule has 1 fully saturated rings. The van der Waals surface area contributed by atoms with E-state index in [2.05, 4.69) is 0 Å². The molecule has 0 aliphatic carbocycles. The van der Waals surface area contributed by atoms with E-state index in [1.165, 1.54) is 17.0 Å². The van der Waals surface area contributed by atoms with Gasteiger partial charge in [-0.05, 0) is 53.8 Å². The van der Waals surface area contributed by atoms with Gasteiger partial charge in [0.25, 0.3) is 0 Å². The number of amides is 1. The number of anilines is 1. The third-order valence-electron chi connectivity index (χ3n) is 5.58. The van der Waals surface area contributed by atoms with Crippen LogP contribution < -0.4 is 4.90 Å². The van der Waals surface area contributed by atoms with Gasteiger partial charge < -0.3 is 9.64 Å². The number of halogens is 4. The summed E-state index contributed by atoms with van der Waals surface area (Å²) in [7, 11) is 0. The number of hydrogen-bond donors (Lipinski definition) is 0. The highest BCUT2D eigenvalue weighted by Crippen LogP contribution is 2.48. The Morgan fingerprint density at radius 3 is 2.46 bits per heavy atom. The molecule has 2 aromatic carbocycles. The molecule has 2 aliphatic heterocycles. The molecule has 4 rings (SSSR count). The molecular formula is C21H19F4NO2. The van der Waals surface area contributed by atoms with Gasteiger partial charge in [-0.3, -0.25) is 4.79 Å². The Morgan fingerprint density at radius 2 is 1.79 bits per heavy atom. The minimum atomic E-state index is -4.55. The van der Waals surface area contributed by atoms with Crippen molar-refractivity contribution in [2.75, 3.05) is 24.7 Å². The number of carbonyl (C=O) groups is 1. The van der Waals surface area contributed by atoms with Crippen LogP contribution >= 0.6 is 0 Å². The average Bonchev–Trinajstić information content (AvgIpc) is 2.95. The number of ether oxygens (including phenoxy) is 1. The lowest BCUT2D eigenvalue weighted by molar-refractivity contribution is -0.152.